The van der Waals surface area contributed by atoms with Gasteiger partial charge in [-0.05, 0) is 38.5 Å². The Morgan fingerprint density at radius 1 is 0.438 bits per heavy atom. The molecular weight excluding hydrogens is 432 g/mol. The molecule has 4 nitrogen and oxygen atoms in total. The van der Waals surface area contributed by atoms with Gasteiger partial charge in [-0.25, -0.2) is 0 Å². The van der Waals surface area contributed by atoms with Gasteiger partial charge in [0.1, 0.15) is 10.8 Å². The summed E-state index contributed by atoms with van der Waals surface area (Å²) in [5.74, 6) is 0. The molecule has 0 heterocycles. The number of unbranched alkanes of at least 4 members (excludes halogenated alkanes) is 5. The second-order valence-corrected chi connectivity index (χ2v) is 13.8. The van der Waals surface area contributed by atoms with Crippen molar-refractivity contribution in [2.45, 2.75) is 142 Å². The van der Waals surface area contributed by atoms with Crippen molar-refractivity contribution in [3.05, 3.63) is 0 Å². The fourth-order valence-electron chi connectivity index (χ4n) is 3.89. The van der Waals surface area contributed by atoms with Crippen LogP contribution in [0.3, 0.4) is 0 Å². The van der Waals surface area contributed by atoms with Crippen LogP contribution in [-0.2, 0) is 18.9 Å². The van der Waals surface area contributed by atoms with Crippen molar-refractivity contribution in [3.8, 4) is 0 Å². The highest BCUT2D eigenvalue weighted by molar-refractivity contribution is 6.39. The van der Waals surface area contributed by atoms with Gasteiger partial charge < -0.3 is 18.9 Å². The van der Waals surface area contributed by atoms with Gasteiger partial charge in [0.05, 0.1) is 19.0 Å². The molecule has 0 spiro atoms. The second kappa shape index (κ2) is 21.8. The van der Waals surface area contributed by atoms with Gasteiger partial charge in [0.15, 0.2) is 0 Å². The predicted molar refractivity (Wildman–Crippen MR) is 145 cm³/mol. The Morgan fingerprint density at radius 2 is 0.719 bits per heavy atom. The van der Waals surface area contributed by atoms with Crippen LogP contribution in [0.15, 0.2) is 0 Å². The zero-order chi connectivity index (χ0) is 24.0. The van der Waals surface area contributed by atoms with Crippen LogP contribution < -0.4 is 0 Å². The first-order chi connectivity index (χ1) is 15.6. The minimum absolute atomic E-state index is 0.235. The lowest BCUT2D eigenvalue weighted by molar-refractivity contribution is -0.184. The van der Waals surface area contributed by atoms with E-state index in [9.17, 15) is 0 Å². The second-order valence-electron chi connectivity index (χ2n) is 9.25. The third kappa shape index (κ3) is 15.2. The van der Waals surface area contributed by atoms with Crippen molar-refractivity contribution >= 4 is 19.0 Å². The largest absolute Gasteiger partial charge is 0.354 e. The highest BCUT2D eigenvalue weighted by Gasteiger charge is 2.31. The van der Waals surface area contributed by atoms with E-state index < -0.39 is 19.0 Å². The summed E-state index contributed by atoms with van der Waals surface area (Å²) < 4.78 is 25.4. The smallest absolute Gasteiger partial charge is 0.144 e. The van der Waals surface area contributed by atoms with Crippen LogP contribution in [0.5, 0.6) is 0 Å². The molecule has 0 rings (SSSR count). The fourth-order valence-corrected chi connectivity index (χ4v) is 8.03. The van der Waals surface area contributed by atoms with Crippen LogP contribution in [0, 0.1) is 0 Å². The number of hydrogen-bond donors (Lipinski definition) is 0. The standard InChI is InChI=1S/C26H58O4Si2/c1-7-13-19-27-25(11-5,28-20-14-8-2)31-23-17-18-24-32-26(12-6,29-21-15-9-3)30-22-16-10-4/h7-24,31-32H2,1-6H3. The lowest BCUT2D eigenvalue weighted by atomic mass is 10.3. The summed E-state index contributed by atoms with van der Waals surface area (Å²) in [5, 5.41) is 0. The lowest BCUT2D eigenvalue weighted by Crippen LogP contribution is -2.43. The minimum atomic E-state index is -0.429. The molecular formula is C26H58O4Si2. The summed E-state index contributed by atoms with van der Waals surface area (Å²) in [6.07, 6.45) is 13.9. The van der Waals surface area contributed by atoms with Crippen molar-refractivity contribution in [2.75, 3.05) is 26.4 Å². The SMILES string of the molecule is CCCCOC(CC)(OCCCC)[SiH2]CCCC[SiH2]C(CC)(OCCCC)OCCCC. The molecule has 0 amide bonds. The zero-order valence-electron chi connectivity index (χ0n) is 22.8. The molecule has 0 aliphatic heterocycles. The first-order valence-electron chi connectivity index (χ1n) is 14.1. The van der Waals surface area contributed by atoms with Gasteiger partial charge in [0.2, 0.25) is 0 Å². The Morgan fingerprint density at radius 3 is 0.938 bits per heavy atom. The molecule has 0 atom stereocenters. The van der Waals surface area contributed by atoms with Gasteiger partial charge in [-0.1, -0.05) is 92.2 Å². The third-order valence-electron chi connectivity index (χ3n) is 6.39. The molecule has 0 aromatic carbocycles. The predicted octanol–water partition coefficient (Wildman–Crippen LogP) is 6.34. The van der Waals surface area contributed by atoms with E-state index in [1.54, 1.807) is 0 Å². The molecule has 0 saturated heterocycles. The summed E-state index contributed by atoms with van der Waals surface area (Å²) >= 11 is 0. The van der Waals surface area contributed by atoms with E-state index in [0.29, 0.717) is 0 Å². The molecule has 0 aliphatic carbocycles. The monoisotopic (exact) mass is 490 g/mol. The highest BCUT2D eigenvalue weighted by atomic mass is 28.2. The van der Waals surface area contributed by atoms with Gasteiger partial charge >= 0.3 is 0 Å². The molecule has 0 saturated carbocycles. The molecule has 0 aromatic heterocycles. The Kier molecular flexibility index (Phi) is 22.0. The van der Waals surface area contributed by atoms with E-state index in [4.69, 9.17) is 18.9 Å². The molecule has 0 bridgehead atoms. The molecule has 194 valence electrons. The maximum Gasteiger partial charge on any atom is 0.144 e. The number of rotatable bonds is 25. The van der Waals surface area contributed by atoms with Gasteiger partial charge in [-0.2, -0.15) is 0 Å². The fraction of sp³-hybridized carbons (Fsp3) is 1.00. The Bertz CT molecular complexity index is 340. The van der Waals surface area contributed by atoms with E-state index in [1.807, 2.05) is 0 Å². The maximum absolute atomic E-state index is 6.36. The molecule has 6 heteroatoms. The minimum Gasteiger partial charge on any atom is -0.354 e. The quantitative estimate of drug-likeness (QED) is 0.0850. The Labute approximate surface area is 205 Å². The molecule has 0 N–H and O–H groups in total. The molecule has 0 fully saturated rings. The van der Waals surface area contributed by atoms with E-state index in [-0.39, 0.29) is 10.8 Å². The normalized spacial score (nSPS) is 13.3. The average Bonchev–Trinajstić information content (AvgIpc) is 2.81. The van der Waals surface area contributed by atoms with Crippen LogP contribution in [0.1, 0.15) is 119 Å². The van der Waals surface area contributed by atoms with E-state index in [1.165, 1.54) is 50.6 Å². The first kappa shape index (κ1) is 32.3. The summed E-state index contributed by atoms with van der Waals surface area (Å²) in [4.78, 5) is 0. The van der Waals surface area contributed by atoms with Gasteiger partial charge in [0.25, 0.3) is 0 Å². The summed E-state index contributed by atoms with van der Waals surface area (Å²) in [6, 6.07) is 2.62. The van der Waals surface area contributed by atoms with Crippen LogP contribution in [0.4, 0.5) is 0 Å². The summed E-state index contributed by atoms with van der Waals surface area (Å²) in [5.41, 5.74) is -0.469. The topological polar surface area (TPSA) is 36.9 Å². The van der Waals surface area contributed by atoms with Crippen molar-refractivity contribution in [2.24, 2.45) is 0 Å². The van der Waals surface area contributed by atoms with Crippen LogP contribution >= 0.6 is 0 Å². The average molecular weight is 491 g/mol. The van der Waals surface area contributed by atoms with Crippen molar-refractivity contribution < 1.29 is 18.9 Å². The molecule has 0 aromatic rings. The number of ether oxygens (including phenoxy) is 4. The molecule has 32 heavy (non-hydrogen) atoms. The summed E-state index contributed by atoms with van der Waals surface area (Å²) in [6.45, 7) is 16.8. The van der Waals surface area contributed by atoms with E-state index >= 15 is 0 Å². The van der Waals surface area contributed by atoms with Crippen LogP contribution in [-0.4, -0.2) is 56.3 Å². The number of hydrogen-bond acceptors (Lipinski definition) is 4. The van der Waals surface area contributed by atoms with E-state index in [0.717, 1.165) is 65.0 Å². The zero-order valence-corrected chi connectivity index (χ0v) is 25.6. The van der Waals surface area contributed by atoms with Gasteiger partial charge in [-0.15, -0.1) is 0 Å². The highest BCUT2D eigenvalue weighted by Crippen LogP contribution is 2.23. The van der Waals surface area contributed by atoms with Crippen molar-refractivity contribution in [1.82, 2.24) is 0 Å². The third-order valence-corrected chi connectivity index (χ3v) is 11.4. The van der Waals surface area contributed by atoms with Crippen molar-refractivity contribution in [3.63, 3.8) is 0 Å². The first-order valence-corrected chi connectivity index (χ1v) is 17.5. The molecule has 0 aliphatic rings. The maximum atomic E-state index is 6.36. The van der Waals surface area contributed by atoms with E-state index in [2.05, 4.69) is 41.5 Å². The van der Waals surface area contributed by atoms with Gasteiger partial charge in [-0.3, -0.25) is 0 Å². The van der Waals surface area contributed by atoms with Crippen LogP contribution in [0.25, 0.3) is 0 Å². The molecule has 0 unspecified atom stereocenters. The molecule has 0 radical (unpaired) electrons. The van der Waals surface area contributed by atoms with Crippen LogP contribution in [0.2, 0.25) is 12.1 Å². The summed E-state index contributed by atoms with van der Waals surface area (Å²) in [7, 11) is -0.859. The van der Waals surface area contributed by atoms with Crippen molar-refractivity contribution in [1.29, 1.82) is 0 Å². The Hall–Kier alpha value is 0.274. The van der Waals surface area contributed by atoms with Gasteiger partial charge in [0, 0.05) is 26.4 Å². The Balaban J connectivity index is 4.54. The lowest BCUT2D eigenvalue weighted by Gasteiger charge is -2.34.